The Bertz CT molecular complexity index is 21.5. The maximum atomic E-state index is 8.14. The number of hydrogen-bond acceptors (Lipinski definition) is 1. The second-order valence-corrected chi connectivity index (χ2v) is 1.58. The first kappa shape index (κ1) is 10.2. The molecule has 0 unspecified atom stereocenters. The normalized spacial score (nSPS) is 8.00. The Morgan fingerprint density at radius 2 is 1.67 bits per heavy atom. The van der Waals surface area contributed by atoms with Crippen molar-refractivity contribution in [3.8, 4) is 0 Å². The van der Waals surface area contributed by atoms with Gasteiger partial charge in [-0.1, -0.05) is 13.8 Å². The first-order valence-electron chi connectivity index (χ1n) is 1.88. The molecule has 0 rings (SSSR count). The molecule has 0 saturated carbocycles. The zero-order valence-electron chi connectivity index (χ0n) is 4.31. The summed E-state index contributed by atoms with van der Waals surface area (Å²) in [6.45, 7) is 4.25. The molecule has 35 valence electrons. The van der Waals surface area contributed by atoms with E-state index in [9.17, 15) is 0 Å². The van der Waals surface area contributed by atoms with Gasteiger partial charge in [0.1, 0.15) is 0 Å². The maximum absolute atomic E-state index is 8.14. The Morgan fingerprint density at radius 1 is 1.50 bits per heavy atom. The Labute approximate surface area is 66.7 Å². The molecule has 0 aromatic heterocycles. The van der Waals surface area contributed by atoms with Gasteiger partial charge in [0.15, 0.2) is 0 Å². The van der Waals surface area contributed by atoms with Gasteiger partial charge in [0.2, 0.25) is 0 Å². The van der Waals surface area contributed by atoms with Crippen LogP contribution in [0.5, 0.6) is 0 Å². The van der Waals surface area contributed by atoms with E-state index in [0.717, 1.165) is 0 Å². The minimum atomic E-state index is 0. The van der Waals surface area contributed by atoms with E-state index in [1.165, 1.54) is 0 Å². The van der Waals surface area contributed by atoms with Crippen LogP contribution in [0.2, 0.25) is 0 Å². The molecule has 0 aromatic rings. The molecule has 1 nitrogen and oxygen atoms in total. The zero-order chi connectivity index (χ0) is 4.28. The van der Waals surface area contributed by atoms with Gasteiger partial charge in [0.25, 0.3) is 0 Å². The zero-order valence-corrected chi connectivity index (χ0v) is 7.93. The fourth-order valence-corrected chi connectivity index (χ4v) is 0. The van der Waals surface area contributed by atoms with E-state index in [-0.39, 0.29) is 35.6 Å². The monoisotopic (exact) mass is 213 g/mol. The molecule has 0 aliphatic rings. The predicted molar refractivity (Wildman–Crippen MR) is 21.9 cm³/mol. The summed E-state index contributed by atoms with van der Waals surface area (Å²) in [7, 11) is 0. The molecule has 1 radical (unpaired) electrons. The van der Waals surface area contributed by atoms with Gasteiger partial charge in [-0.15, -0.1) is 0 Å². The fourth-order valence-electron chi connectivity index (χ4n) is 0. The van der Waals surface area contributed by atoms with Crippen molar-refractivity contribution in [2.45, 2.75) is 13.8 Å². The molecule has 0 heterocycles. The summed E-state index contributed by atoms with van der Waals surface area (Å²) >= 11 is 0. The molecule has 0 aliphatic heterocycles. The average molecular weight is 213 g/mol. The maximum Gasteiger partial charge on any atom is 0.0453 e. The van der Waals surface area contributed by atoms with Crippen LogP contribution in [0.25, 0.3) is 0 Å². The summed E-state index contributed by atoms with van der Waals surface area (Å²) in [4.78, 5) is 0. The van der Waals surface area contributed by atoms with Crippen molar-refractivity contribution >= 4 is 0 Å². The molecule has 0 spiro atoms. The third-order valence-electron chi connectivity index (χ3n) is 0.365. The van der Waals surface area contributed by atoms with Gasteiger partial charge in [-0.25, -0.2) is 0 Å². The van der Waals surface area contributed by atoms with Gasteiger partial charge in [-0.05, 0) is 5.92 Å². The molecular weight excluding hydrogens is 203 g/mol. The van der Waals surface area contributed by atoms with E-state index >= 15 is 0 Å². The van der Waals surface area contributed by atoms with E-state index in [1.54, 1.807) is 0 Å². The smallest absolute Gasteiger partial charge is 0.0453 e. The molecule has 1 N–H and O–H groups in total. The summed E-state index contributed by atoms with van der Waals surface area (Å²) in [5.74, 6) is 0.440. The quantitative estimate of drug-likeness (QED) is 0.677. The summed E-state index contributed by atoms with van der Waals surface area (Å²) in [6, 6.07) is 0. The van der Waals surface area contributed by atoms with E-state index in [2.05, 4.69) is 0 Å². The van der Waals surface area contributed by atoms with E-state index in [0.29, 0.717) is 12.5 Å². The van der Waals surface area contributed by atoms with Crippen LogP contribution in [-0.4, -0.2) is 11.7 Å². The van der Waals surface area contributed by atoms with Gasteiger partial charge in [0.05, 0.1) is 0 Å². The second kappa shape index (κ2) is 6.15. The minimum absolute atomic E-state index is 0. The SMILES string of the molecule is CC(C)CO.[La]. The van der Waals surface area contributed by atoms with Crippen molar-refractivity contribution in [3.05, 3.63) is 0 Å². The number of rotatable bonds is 1. The molecule has 6 heavy (non-hydrogen) atoms. The van der Waals surface area contributed by atoms with Crippen LogP contribution in [0.1, 0.15) is 13.8 Å². The third kappa shape index (κ3) is 8.94. The van der Waals surface area contributed by atoms with Gasteiger partial charge in [0, 0.05) is 42.2 Å². The Kier molecular flexibility index (Phi) is 10.5. The standard InChI is InChI=1S/C4H10O.La/c1-4(2)3-5;/h4-5H,3H2,1-2H3;. The van der Waals surface area contributed by atoms with E-state index in [1.807, 2.05) is 13.8 Å². The van der Waals surface area contributed by atoms with E-state index in [4.69, 9.17) is 5.11 Å². The predicted octanol–water partition coefficient (Wildman–Crippen LogP) is 0.635. The first-order chi connectivity index (χ1) is 2.27. The molecule has 0 amide bonds. The largest absolute Gasteiger partial charge is 0.396 e. The van der Waals surface area contributed by atoms with Crippen LogP contribution in [-0.2, 0) is 0 Å². The van der Waals surface area contributed by atoms with Crippen LogP contribution < -0.4 is 0 Å². The fraction of sp³-hybridized carbons (Fsp3) is 1.00. The van der Waals surface area contributed by atoms with Crippen molar-refractivity contribution in [1.82, 2.24) is 0 Å². The molecule has 0 aliphatic carbocycles. The summed E-state index contributed by atoms with van der Waals surface area (Å²) in [5, 5.41) is 8.14. The van der Waals surface area contributed by atoms with Gasteiger partial charge in [-0.3, -0.25) is 0 Å². The molecular formula is C4H10LaO. The summed E-state index contributed by atoms with van der Waals surface area (Å²) in [5.41, 5.74) is 0. The van der Waals surface area contributed by atoms with Gasteiger partial charge >= 0.3 is 0 Å². The van der Waals surface area contributed by atoms with Gasteiger partial charge < -0.3 is 5.11 Å². The van der Waals surface area contributed by atoms with Crippen LogP contribution >= 0.6 is 0 Å². The molecule has 0 saturated heterocycles. The Balaban J connectivity index is 0. The number of aliphatic hydroxyl groups excluding tert-OH is 1. The van der Waals surface area contributed by atoms with Crippen LogP contribution in [0.15, 0.2) is 0 Å². The second-order valence-electron chi connectivity index (χ2n) is 1.58. The number of aliphatic hydroxyl groups is 1. The van der Waals surface area contributed by atoms with Gasteiger partial charge in [-0.2, -0.15) is 0 Å². The van der Waals surface area contributed by atoms with Crippen molar-refractivity contribution in [2.24, 2.45) is 5.92 Å². The average Bonchev–Trinajstić information content (AvgIpc) is 1.38. The topological polar surface area (TPSA) is 20.2 Å². The molecule has 0 aromatic carbocycles. The molecule has 0 bridgehead atoms. The minimum Gasteiger partial charge on any atom is -0.396 e. The molecule has 0 fully saturated rings. The summed E-state index contributed by atoms with van der Waals surface area (Å²) in [6.07, 6.45) is 0. The molecule has 0 atom stereocenters. The van der Waals surface area contributed by atoms with E-state index < -0.39 is 0 Å². The first-order valence-corrected chi connectivity index (χ1v) is 1.88. The van der Waals surface area contributed by atoms with Crippen LogP contribution in [0.4, 0.5) is 0 Å². The molecule has 2 heteroatoms. The Morgan fingerprint density at radius 3 is 1.67 bits per heavy atom. The van der Waals surface area contributed by atoms with Crippen molar-refractivity contribution < 1.29 is 40.7 Å². The number of hydrogen-bond donors (Lipinski definition) is 1. The van der Waals surface area contributed by atoms with Crippen LogP contribution in [0, 0.1) is 41.5 Å². The summed E-state index contributed by atoms with van der Waals surface area (Å²) < 4.78 is 0. The Hall–Kier alpha value is 1.15. The van der Waals surface area contributed by atoms with Crippen molar-refractivity contribution in [3.63, 3.8) is 0 Å². The third-order valence-corrected chi connectivity index (χ3v) is 0.365. The van der Waals surface area contributed by atoms with Crippen molar-refractivity contribution in [2.75, 3.05) is 6.61 Å². The van der Waals surface area contributed by atoms with Crippen LogP contribution in [0.3, 0.4) is 0 Å². The van der Waals surface area contributed by atoms with Crippen molar-refractivity contribution in [1.29, 1.82) is 0 Å².